The van der Waals surface area contributed by atoms with Crippen molar-refractivity contribution in [1.82, 2.24) is 9.80 Å². The van der Waals surface area contributed by atoms with Gasteiger partial charge >= 0.3 is 6.03 Å². The Balaban J connectivity index is 2.00. The summed E-state index contributed by atoms with van der Waals surface area (Å²) in [6.45, 7) is 5.10. The second-order valence-corrected chi connectivity index (χ2v) is 5.80. The van der Waals surface area contributed by atoms with Gasteiger partial charge in [0.15, 0.2) is 0 Å². The van der Waals surface area contributed by atoms with Crippen molar-refractivity contribution in [3.05, 3.63) is 35.4 Å². The summed E-state index contributed by atoms with van der Waals surface area (Å²) in [5.74, 6) is 0.609. The van der Waals surface area contributed by atoms with Gasteiger partial charge in [-0.1, -0.05) is 31.2 Å². The number of likely N-dealkylation sites (tertiary alicyclic amines) is 1. The monoisotopic (exact) mass is 275 g/mol. The van der Waals surface area contributed by atoms with Crippen LogP contribution >= 0.6 is 0 Å². The molecule has 2 rings (SSSR count). The van der Waals surface area contributed by atoms with Crippen LogP contribution in [0.4, 0.5) is 4.79 Å². The van der Waals surface area contributed by atoms with Gasteiger partial charge in [-0.05, 0) is 29.9 Å². The highest BCUT2D eigenvalue weighted by molar-refractivity contribution is 5.74. The standard InChI is InChI=1S/C16H25N3O/c1-13-6-5-9-19(11-13)16(20)18(2)12-15-8-4-3-7-14(15)10-17/h3-4,7-8,13H,5-6,9-12,17H2,1-2H3. The van der Waals surface area contributed by atoms with Crippen molar-refractivity contribution in [1.29, 1.82) is 0 Å². The number of rotatable bonds is 3. The average molecular weight is 275 g/mol. The minimum absolute atomic E-state index is 0.128. The Bertz CT molecular complexity index is 461. The quantitative estimate of drug-likeness (QED) is 0.921. The highest BCUT2D eigenvalue weighted by atomic mass is 16.2. The Hall–Kier alpha value is -1.55. The first-order chi connectivity index (χ1) is 9.61. The molecule has 1 unspecified atom stereocenters. The Kier molecular flexibility index (Phi) is 5.01. The van der Waals surface area contributed by atoms with Gasteiger partial charge in [0.1, 0.15) is 0 Å². The maximum absolute atomic E-state index is 12.5. The van der Waals surface area contributed by atoms with E-state index in [1.165, 1.54) is 6.42 Å². The van der Waals surface area contributed by atoms with E-state index >= 15 is 0 Å². The molecule has 0 aliphatic carbocycles. The van der Waals surface area contributed by atoms with Gasteiger partial charge in [-0.15, -0.1) is 0 Å². The lowest BCUT2D eigenvalue weighted by atomic mass is 10.0. The van der Waals surface area contributed by atoms with Crippen LogP contribution in [0.5, 0.6) is 0 Å². The Labute approximate surface area is 121 Å². The molecule has 4 heteroatoms. The van der Waals surface area contributed by atoms with Crippen LogP contribution in [0.15, 0.2) is 24.3 Å². The average Bonchev–Trinajstić information content (AvgIpc) is 2.47. The molecule has 1 aromatic rings. The molecule has 0 aromatic heterocycles. The molecule has 1 heterocycles. The largest absolute Gasteiger partial charge is 0.326 e. The number of urea groups is 1. The van der Waals surface area contributed by atoms with Crippen molar-refractivity contribution in [2.75, 3.05) is 20.1 Å². The first-order valence-corrected chi connectivity index (χ1v) is 7.38. The van der Waals surface area contributed by atoms with Gasteiger partial charge in [0.05, 0.1) is 0 Å². The van der Waals surface area contributed by atoms with Crippen molar-refractivity contribution in [3.63, 3.8) is 0 Å². The molecule has 1 aliphatic rings. The normalized spacial score (nSPS) is 18.9. The molecular formula is C16H25N3O. The minimum Gasteiger partial charge on any atom is -0.326 e. The molecule has 1 aliphatic heterocycles. The molecular weight excluding hydrogens is 250 g/mol. The zero-order chi connectivity index (χ0) is 14.5. The van der Waals surface area contributed by atoms with Crippen molar-refractivity contribution < 1.29 is 4.79 Å². The first kappa shape index (κ1) is 14.9. The Morgan fingerprint density at radius 1 is 1.40 bits per heavy atom. The molecule has 2 N–H and O–H groups in total. The van der Waals surface area contributed by atoms with E-state index in [9.17, 15) is 4.79 Å². The van der Waals surface area contributed by atoms with Crippen LogP contribution in [0.3, 0.4) is 0 Å². The predicted octanol–water partition coefficient (Wildman–Crippen LogP) is 2.43. The molecule has 0 bridgehead atoms. The first-order valence-electron chi connectivity index (χ1n) is 7.38. The molecule has 2 amide bonds. The Morgan fingerprint density at radius 3 is 2.75 bits per heavy atom. The van der Waals surface area contributed by atoms with Gasteiger partial charge in [-0.2, -0.15) is 0 Å². The smallest absolute Gasteiger partial charge is 0.320 e. The van der Waals surface area contributed by atoms with Gasteiger partial charge < -0.3 is 15.5 Å². The van der Waals surface area contributed by atoms with Gasteiger partial charge in [-0.3, -0.25) is 0 Å². The van der Waals surface area contributed by atoms with E-state index in [4.69, 9.17) is 5.73 Å². The minimum atomic E-state index is 0.128. The maximum atomic E-state index is 12.5. The van der Waals surface area contributed by atoms with Crippen LogP contribution in [0, 0.1) is 5.92 Å². The van der Waals surface area contributed by atoms with Crippen molar-refractivity contribution >= 4 is 6.03 Å². The van der Waals surface area contributed by atoms with Gasteiger partial charge in [0, 0.05) is 33.2 Å². The predicted molar refractivity (Wildman–Crippen MR) is 81.2 cm³/mol. The van der Waals surface area contributed by atoms with Crippen LogP contribution in [-0.2, 0) is 13.1 Å². The zero-order valence-corrected chi connectivity index (χ0v) is 12.5. The number of hydrogen-bond donors (Lipinski definition) is 1. The van der Waals surface area contributed by atoms with Gasteiger partial charge in [0.2, 0.25) is 0 Å². The highest BCUT2D eigenvalue weighted by Crippen LogP contribution is 2.18. The van der Waals surface area contributed by atoms with Crippen LogP contribution < -0.4 is 5.73 Å². The van der Waals surface area contributed by atoms with Crippen LogP contribution in [0.25, 0.3) is 0 Å². The number of carbonyl (C=O) groups excluding carboxylic acids is 1. The van der Waals surface area contributed by atoms with E-state index in [0.717, 1.165) is 30.6 Å². The molecule has 20 heavy (non-hydrogen) atoms. The molecule has 110 valence electrons. The molecule has 0 saturated carbocycles. The summed E-state index contributed by atoms with van der Waals surface area (Å²) in [7, 11) is 1.87. The van der Waals surface area contributed by atoms with Crippen LogP contribution in [0.1, 0.15) is 30.9 Å². The van der Waals surface area contributed by atoms with Crippen LogP contribution in [-0.4, -0.2) is 36.0 Å². The fourth-order valence-corrected chi connectivity index (χ4v) is 2.84. The van der Waals surface area contributed by atoms with Crippen molar-refractivity contribution in [3.8, 4) is 0 Å². The molecule has 1 saturated heterocycles. The van der Waals surface area contributed by atoms with Gasteiger partial charge in [-0.25, -0.2) is 4.79 Å². The second kappa shape index (κ2) is 6.75. The third-order valence-corrected chi connectivity index (χ3v) is 4.00. The number of benzene rings is 1. The summed E-state index contributed by atoms with van der Waals surface area (Å²) in [6, 6.07) is 8.18. The topological polar surface area (TPSA) is 49.6 Å². The lowest BCUT2D eigenvalue weighted by molar-refractivity contribution is 0.137. The number of piperidine rings is 1. The SMILES string of the molecule is CC1CCCN(C(=O)N(C)Cc2ccccc2CN)C1. The maximum Gasteiger partial charge on any atom is 0.320 e. The van der Waals surface area contributed by atoms with E-state index in [2.05, 4.69) is 6.92 Å². The molecule has 1 aromatic carbocycles. The molecule has 0 spiro atoms. The van der Waals surface area contributed by atoms with E-state index < -0.39 is 0 Å². The number of nitrogens with two attached hydrogens (primary N) is 1. The number of amides is 2. The zero-order valence-electron chi connectivity index (χ0n) is 12.5. The summed E-state index contributed by atoms with van der Waals surface area (Å²) >= 11 is 0. The summed E-state index contributed by atoms with van der Waals surface area (Å²) in [5, 5.41) is 0. The second-order valence-electron chi connectivity index (χ2n) is 5.80. The summed E-state index contributed by atoms with van der Waals surface area (Å²) < 4.78 is 0. The van der Waals surface area contributed by atoms with E-state index in [1.807, 2.05) is 36.2 Å². The summed E-state index contributed by atoms with van der Waals surface area (Å²) in [4.78, 5) is 16.2. The lowest BCUT2D eigenvalue weighted by Gasteiger charge is -2.34. The van der Waals surface area contributed by atoms with E-state index in [0.29, 0.717) is 19.0 Å². The summed E-state index contributed by atoms with van der Waals surface area (Å²) in [6.07, 6.45) is 2.34. The fraction of sp³-hybridized carbons (Fsp3) is 0.562. The summed E-state index contributed by atoms with van der Waals surface area (Å²) in [5.41, 5.74) is 8.00. The molecule has 1 atom stereocenters. The third-order valence-electron chi connectivity index (χ3n) is 4.00. The number of carbonyl (C=O) groups is 1. The highest BCUT2D eigenvalue weighted by Gasteiger charge is 2.23. The molecule has 0 radical (unpaired) electrons. The third kappa shape index (κ3) is 3.51. The number of nitrogens with zero attached hydrogens (tertiary/aromatic N) is 2. The van der Waals surface area contributed by atoms with E-state index in [1.54, 1.807) is 4.90 Å². The fourth-order valence-electron chi connectivity index (χ4n) is 2.84. The number of hydrogen-bond acceptors (Lipinski definition) is 2. The molecule has 4 nitrogen and oxygen atoms in total. The van der Waals surface area contributed by atoms with E-state index in [-0.39, 0.29) is 6.03 Å². The van der Waals surface area contributed by atoms with Gasteiger partial charge in [0.25, 0.3) is 0 Å². The Morgan fingerprint density at radius 2 is 2.10 bits per heavy atom. The lowest BCUT2D eigenvalue weighted by Crippen LogP contribution is -2.45. The van der Waals surface area contributed by atoms with Crippen LogP contribution in [0.2, 0.25) is 0 Å². The van der Waals surface area contributed by atoms with Crippen molar-refractivity contribution in [2.24, 2.45) is 11.7 Å². The van der Waals surface area contributed by atoms with Crippen molar-refractivity contribution in [2.45, 2.75) is 32.9 Å². The molecule has 1 fully saturated rings.